The van der Waals surface area contributed by atoms with Crippen LogP contribution in [0.1, 0.15) is 17.5 Å². The van der Waals surface area contributed by atoms with Crippen LogP contribution < -0.4 is 20.1 Å². The topological polar surface area (TPSA) is 62.8 Å². The van der Waals surface area contributed by atoms with Crippen molar-refractivity contribution >= 4 is 23.3 Å². The summed E-state index contributed by atoms with van der Waals surface area (Å²) in [6, 6.07) is 11.7. The van der Waals surface area contributed by atoms with Crippen LogP contribution in [0.2, 0.25) is 5.02 Å². The van der Waals surface area contributed by atoms with E-state index in [1.54, 1.807) is 12.1 Å². The van der Waals surface area contributed by atoms with E-state index in [1.165, 1.54) is 25.3 Å². The molecular formula is C22H28ClN3O3. The van der Waals surface area contributed by atoms with Crippen LogP contribution in [0.25, 0.3) is 0 Å². The number of likely N-dealkylation sites (tertiary alicyclic amines) is 1. The Labute approximate surface area is 177 Å². The Morgan fingerprint density at radius 1 is 1.17 bits per heavy atom. The number of hydrogen-bond donors (Lipinski definition) is 2. The van der Waals surface area contributed by atoms with Gasteiger partial charge in [0.1, 0.15) is 11.5 Å². The smallest absolute Gasteiger partial charge is 0.319 e. The second-order valence-corrected chi connectivity index (χ2v) is 7.80. The highest BCUT2D eigenvalue weighted by Crippen LogP contribution is 2.35. The summed E-state index contributed by atoms with van der Waals surface area (Å²) in [6.07, 6.45) is 1.07. The van der Waals surface area contributed by atoms with Crippen molar-refractivity contribution in [1.29, 1.82) is 0 Å². The van der Waals surface area contributed by atoms with E-state index in [1.807, 2.05) is 0 Å². The molecule has 0 unspecified atom stereocenters. The van der Waals surface area contributed by atoms with E-state index in [0.717, 1.165) is 26.1 Å². The molecule has 0 aromatic heterocycles. The molecule has 1 fully saturated rings. The van der Waals surface area contributed by atoms with E-state index in [-0.39, 0.29) is 6.03 Å². The van der Waals surface area contributed by atoms with Crippen LogP contribution >= 0.6 is 11.6 Å². The van der Waals surface area contributed by atoms with Gasteiger partial charge < -0.3 is 20.1 Å². The van der Waals surface area contributed by atoms with Gasteiger partial charge >= 0.3 is 6.03 Å². The minimum atomic E-state index is -0.276. The van der Waals surface area contributed by atoms with Gasteiger partial charge in [-0.05, 0) is 37.4 Å². The van der Waals surface area contributed by atoms with Gasteiger partial charge in [-0.2, -0.15) is 0 Å². The lowest BCUT2D eigenvalue weighted by Gasteiger charge is -2.17. The van der Waals surface area contributed by atoms with Crippen LogP contribution in [-0.4, -0.2) is 44.8 Å². The summed E-state index contributed by atoms with van der Waals surface area (Å²) in [7, 11) is 3.07. The fourth-order valence-electron chi connectivity index (χ4n) is 3.54. The number of rotatable bonds is 7. The van der Waals surface area contributed by atoms with Crippen LogP contribution in [0.4, 0.5) is 10.5 Å². The normalized spacial score (nSPS) is 16.5. The monoisotopic (exact) mass is 417 g/mol. The molecule has 1 aliphatic heterocycles. The molecule has 0 bridgehead atoms. The van der Waals surface area contributed by atoms with Gasteiger partial charge in [-0.15, -0.1) is 0 Å². The predicted molar refractivity (Wildman–Crippen MR) is 116 cm³/mol. The van der Waals surface area contributed by atoms with Gasteiger partial charge in [-0.3, -0.25) is 4.90 Å². The molecule has 2 amide bonds. The molecule has 2 N–H and O–H groups in total. The summed E-state index contributed by atoms with van der Waals surface area (Å²) in [6.45, 7) is 5.70. The van der Waals surface area contributed by atoms with Gasteiger partial charge in [0.2, 0.25) is 0 Å². The molecule has 6 nitrogen and oxygen atoms in total. The first-order chi connectivity index (χ1) is 14.0. The second kappa shape index (κ2) is 9.85. The summed E-state index contributed by atoms with van der Waals surface area (Å²) in [4.78, 5) is 14.8. The largest absolute Gasteiger partial charge is 0.495 e. The number of carbonyl (C=O) groups excluding carboxylic acids is 1. The third kappa shape index (κ3) is 5.78. The van der Waals surface area contributed by atoms with Crippen molar-refractivity contribution in [3.63, 3.8) is 0 Å². The van der Waals surface area contributed by atoms with Gasteiger partial charge in [-0.25, -0.2) is 4.79 Å². The lowest BCUT2D eigenvalue weighted by molar-refractivity contribution is 0.249. The summed E-state index contributed by atoms with van der Waals surface area (Å²) < 4.78 is 10.5. The Bertz CT molecular complexity index is 842. The number of nitrogens with zero attached hydrogens (tertiary/aromatic N) is 1. The number of amides is 2. The number of aryl methyl sites for hydroxylation is 1. The third-order valence-electron chi connectivity index (χ3n) is 5.17. The molecule has 29 heavy (non-hydrogen) atoms. The maximum Gasteiger partial charge on any atom is 0.319 e. The van der Waals surface area contributed by atoms with Crippen molar-refractivity contribution in [2.75, 3.05) is 39.2 Å². The molecular weight excluding hydrogens is 390 g/mol. The number of benzene rings is 2. The Morgan fingerprint density at radius 2 is 1.90 bits per heavy atom. The highest BCUT2D eigenvalue weighted by atomic mass is 35.5. The fraction of sp³-hybridized carbons (Fsp3) is 0.409. The number of halogens is 1. The van der Waals surface area contributed by atoms with Crippen molar-refractivity contribution in [1.82, 2.24) is 10.2 Å². The number of carbonyl (C=O) groups is 1. The number of nitrogens with one attached hydrogen (secondary N) is 2. The van der Waals surface area contributed by atoms with Crippen LogP contribution in [0, 0.1) is 12.8 Å². The highest BCUT2D eigenvalue weighted by Gasteiger charge is 2.23. The highest BCUT2D eigenvalue weighted by molar-refractivity contribution is 6.32. The average molecular weight is 418 g/mol. The molecule has 1 aliphatic rings. The molecule has 1 atom stereocenters. The van der Waals surface area contributed by atoms with Gasteiger partial charge in [0.05, 0.1) is 24.9 Å². The van der Waals surface area contributed by atoms with Crippen molar-refractivity contribution in [3.05, 3.63) is 52.5 Å². The van der Waals surface area contributed by atoms with Crippen LogP contribution in [0.15, 0.2) is 36.4 Å². The van der Waals surface area contributed by atoms with Gasteiger partial charge in [0, 0.05) is 25.7 Å². The first-order valence-electron chi connectivity index (χ1n) is 9.72. The molecule has 1 saturated heterocycles. The zero-order chi connectivity index (χ0) is 20.8. The predicted octanol–water partition coefficient (Wildman–Crippen LogP) is 4.31. The minimum absolute atomic E-state index is 0.276. The van der Waals surface area contributed by atoms with E-state index in [4.69, 9.17) is 21.1 Å². The molecule has 0 aliphatic carbocycles. The van der Waals surface area contributed by atoms with E-state index in [2.05, 4.69) is 46.7 Å². The van der Waals surface area contributed by atoms with Crippen LogP contribution in [0.3, 0.4) is 0 Å². The van der Waals surface area contributed by atoms with Crippen molar-refractivity contribution in [2.24, 2.45) is 5.92 Å². The first-order valence-corrected chi connectivity index (χ1v) is 10.1. The van der Waals surface area contributed by atoms with Crippen molar-refractivity contribution in [3.8, 4) is 11.5 Å². The Hall–Kier alpha value is -2.44. The number of hydrogen-bond acceptors (Lipinski definition) is 4. The SMILES string of the molecule is COc1cc(OC)c(NC(=O)NC[C@H]2CCN(Cc3ccc(C)cc3)C2)cc1Cl. The first kappa shape index (κ1) is 21.3. The number of urea groups is 1. The average Bonchev–Trinajstić information content (AvgIpc) is 3.16. The molecule has 0 radical (unpaired) electrons. The molecule has 0 saturated carbocycles. The summed E-state index contributed by atoms with van der Waals surface area (Å²) >= 11 is 6.16. The van der Waals surface area contributed by atoms with Crippen molar-refractivity contribution < 1.29 is 14.3 Å². The van der Waals surface area contributed by atoms with E-state index in [0.29, 0.717) is 34.7 Å². The second-order valence-electron chi connectivity index (χ2n) is 7.40. The maximum absolute atomic E-state index is 12.3. The molecule has 1 heterocycles. The van der Waals surface area contributed by atoms with E-state index < -0.39 is 0 Å². The molecule has 156 valence electrons. The third-order valence-corrected chi connectivity index (χ3v) is 5.47. The summed E-state index contributed by atoms with van der Waals surface area (Å²) in [5.41, 5.74) is 3.10. The van der Waals surface area contributed by atoms with Gasteiger partial charge in [-0.1, -0.05) is 41.4 Å². The molecule has 3 rings (SSSR count). The quantitative estimate of drug-likeness (QED) is 0.704. The van der Waals surface area contributed by atoms with Crippen molar-refractivity contribution in [2.45, 2.75) is 19.9 Å². The molecule has 2 aromatic carbocycles. The molecule has 7 heteroatoms. The number of anilines is 1. The Balaban J connectivity index is 1.47. The number of ether oxygens (including phenoxy) is 2. The molecule has 2 aromatic rings. The fourth-order valence-corrected chi connectivity index (χ4v) is 3.78. The lowest BCUT2D eigenvalue weighted by Crippen LogP contribution is -2.34. The van der Waals surface area contributed by atoms with Gasteiger partial charge in [0.25, 0.3) is 0 Å². The maximum atomic E-state index is 12.3. The van der Waals surface area contributed by atoms with Gasteiger partial charge in [0.15, 0.2) is 0 Å². The summed E-state index contributed by atoms with van der Waals surface area (Å²) in [5.74, 6) is 1.42. The van der Waals surface area contributed by atoms with E-state index >= 15 is 0 Å². The zero-order valence-electron chi connectivity index (χ0n) is 17.1. The Morgan fingerprint density at radius 3 is 2.59 bits per heavy atom. The number of methoxy groups -OCH3 is 2. The van der Waals surface area contributed by atoms with E-state index in [9.17, 15) is 4.79 Å². The Kier molecular flexibility index (Phi) is 7.23. The minimum Gasteiger partial charge on any atom is -0.495 e. The lowest BCUT2D eigenvalue weighted by atomic mass is 10.1. The zero-order valence-corrected chi connectivity index (χ0v) is 17.9. The van der Waals surface area contributed by atoms with Crippen LogP contribution in [-0.2, 0) is 6.54 Å². The molecule has 0 spiro atoms. The van der Waals surface area contributed by atoms with Crippen LogP contribution in [0.5, 0.6) is 11.5 Å². The summed E-state index contributed by atoms with van der Waals surface area (Å²) in [5, 5.41) is 6.17. The standard InChI is InChI=1S/C22H28ClN3O3/c1-15-4-6-16(7-5-15)13-26-9-8-17(14-26)12-24-22(27)25-19-10-18(23)20(28-2)11-21(19)29-3/h4-7,10-11,17H,8-9,12-14H2,1-3H3,(H2,24,25,27)/t17-/m1/s1.